The van der Waals surface area contributed by atoms with Gasteiger partial charge in [0.1, 0.15) is 5.70 Å². The van der Waals surface area contributed by atoms with E-state index in [0.717, 1.165) is 0 Å². The van der Waals surface area contributed by atoms with Gasteiger partial charge in [-0.1, -0.05) is 18.2 Å². The van der Waals surface area contributed by atoms with Crippen LogP contribution in [0, 0.1) is 0 Å². The number of thiocarbonyl (C=S) groups is 1. The molecular formula is C14H15N3O2S. The molecule has 0 unspecified atom stereocenters. The van der Waals surface area contributed by atoms with Crippen LogP contribution in [0.2, 0.25) is 0 Å². The molecule has 1 heterocycles. The van der Waals surface area contributed by atoms with Crippen molar-refractivity contribution in [3.63, 3.8) is 0 Å². The van der Waals surface area contributed by atoms with Crippen molar-refractivity contribution in [2.45, 2.75) is 6.92 Å². The minimum absolute atomic E-state index is 0.176. The Balaban J connectivity index is 2.43. The number of benzene rings is 1. The van der Waals surface area contributed by atoms with Crippen LogP contribution in [-0.2, 0) is 9.59 Å². The van der Waals surface area contributed by atoms with Gasteiger partial charge in [-0.2, -0.15) is 0 Å². The zero-order valence-electron chi connectivity index (χ0n) is 11.5. The molecule has 0 spiro atoms. The third-order valence-corrected chi connectivity index (χ3v) is 3.63. The number of carbonyl (C=O) groups excluding carboxylic acids is 2. The van der Waals surface area contributed by atoms with E-state index in [-0.39, 0.29) is 11.8 Å². The number of para-hydroxylation sites is 1. The first-order chi connectivity index (χ1) is 9.43. The molecule has 0 radical (unpaired) electrons. The van der Waals surface area contributed by atoms with Crippen LogP contribution in [-0.4, -0.2) is 40.8 Å². The van der Waals surface area contributed by atoms with Crippen molar-refractivity contribution in [3.05, 3.63) is 42.2 Å². The summed E-state index contributed by atoms with van der Waals surface area (Å²) in [6.45, 7) is 1.45. The maximum Gasteiger partial charge on any atom is 0.278 e. The smallest absolute Gasteiger partial charge is 0.278 e. The summed E-state index contributed by atoms with van der Waals surface area (Å²) in [6.07, 6.45) is 1.52. The summed E-state index contributed by atoms with van der Waals surface area (Å²) in [5.74, 6) is -0.398. The lowest BCUT2D eigenvalue weighted by Crippen LogP contribution is -2.27. The molecule has 1 aliphatic heterocycles. The maximum atomic E-state index is 12.1. The molecule has 104 valence electrons. The Hall–Kier alpha value is -2.21. The van der Waals surface area contributed by atoms with Crippen molar-refractivity contribution in [2.75, 3.05) is 19.0 Å². The lowest BCUT2D eigenvalue weighted by molar-refractivity contribution is -0.121. The molecule has 0 aliphatic carbocycles. The van der Waals surface area contributed by atoms with Gasteiger partial charge < -0.3 is 4.90 Å². The molecule has 20 heavy (non-hydrogen) atoms. The van der Waals surface area contributed by atoms with E-state index in [4.69, 9.17) is 12.2 Å². The van der Waals surface area contributed by atoms with Crippen molar-refractivity contribution >= 4 is 34.8 Å². The first kappa shape index (κ1) is 14.2. The molecule has 0 saturated carbocycles. The van der Waals surface area contributed by atoms with E-state index in [1.54, 1.807) is 31.1 Å². The highest BCUT2D eigenvalue weighted by atomic mass is 32.1. The van der Waals surface area contributed by atoms with Crippen molar-refractivity contribution in [3.8, 4) is 0 Å². The molecule has 0 bridgehead atoms. The molecule has 5 nitrogen and oxygen atoms in total. The van der Waals surface area contributed by atoms with Crippen molar-refractivity contribution < 1.29 is 9.59 Å². The van der Waals surface area contributed by atoms with Gasteiger partial charge in [-0.15, -0.1) is 0 Å². The number of likely N-dealkylation sites (N-methyl/N-ethyl adjacent to an activating group) is 2. The Kier molecular flexibility index (Phi) is 3.85. The lowest BCUT2D eigenvalue weighted by atomic mass is 10.3. The molecule has 1 aliphatic rings. The van der Waals surface area contributed by atoms with Gasteiger partial charge >= 0.3 is 0 Å². The fourth-order valence-corrected chi connectivity index (χ4v) is 2.11. The molecule has 0 N–H and O–H groups in total. The van der Waals surface area contributed by atoms with Crippen molar-refractivity contribution in [1.82, 2.24) is 9.80 Å². The largest absolute Gasteiger partial charge is 0.316 e. The number of hydrogen-bond donors (Lipinski definition) is 0. The van der Waals surface area contributed by atoms with Crippen LogP contribution in [0.5, 0.6) is 0 Å². The topological polar surface area (TPSA) is 43.9 Å². The first-order valence-electron chi connectivity index (χ1n) is 6.06. The summed E-state index contributed by atoms with van der Waals surface area (Å²) in [5.41, 5.74) is 1.07. The average molecular weight is 289 g/mol. The normalized spacial score (nSPS) is 17.1. The number of rotatable bonds is 2. The lowest BCUT2D eigenvalue weighted by Gasteiger charge is -2.19. The summed E-state index contributed by atoms with van der Waals surface area (Å²) >= 11 is 5.14. The van der Waals surface area contributed by atoms with Crippen LogP contribution in [0.15, 0.2) is 42.2 Å². The zero-order valence-corrected chi connectivity index (χ0v) is 12.3. The Bertz CT molecular complexity index is 598. The maximum absolute atomic E-state index is 12.1. The highest BCUT2D eigenvalue weighted by molar-refractivity contribution is 7.80. The van der Waals surface area contributed by atoms with Crippen molar-refractivity contribution in [2.24, 2.45) is 0 Å². The molecule has 1 aromatic carbocycles. The standard InChI is InChI=1S/C14H15N3O2S/c1-10(18)17(11-7-5-4-6-8-11)9-12-13(19)16(3)14(20)15(12)2/h4-9H,1-3H3/b12-9-. The minimum Gasteiger partial charge on any atom is -0.316 e. The fraction of sp³-hybridized carbons (Fsp3) is 0.214. The van der Waals surface area contributed by atoms with Crippen LogP contribution in [0.4, 0.5) is 5.69 Å². The monoisotopic (exact) mass is 289 g/mol. The number of amides is 2. The van der Waals surface area contributed by atoms with Gasteiger partial charge in [0.25, 0.3) is 5.91 Å². The third kappa shape index (κ3) is 2.42. The number of carbonyl (C=O) groups is 2. The summed E-state index contributed by atoms with van der Waals surface area (Å²) in [5, 5.41) is 0.415. The Labute approximate surface area is 123 Å². The molecule has 6 heteroatoms. The second-order valence-corrected chi connectivity index (χ2v) is 4.81. The summed E-state index contributed by atoms with van der Waals surface area (Å²) in [7, 11) is 3.32. The summed E-state index contributed by atoms with van der Waals surface area (Å²) in [4.78, 5) is 28.3. The van der Waals surface area contributed by atoms with Gasteiger partial charge in [0.05, 0.1) is 0 Å². The zero-order chi connectivity index (χ0) is 14.9. The van der Waals surface area contributed by atoms with Crippen molar-refractivity contribution in [1.29, 1.82) is 0 Å². The van der Waals surface area contributed by atoms with Crippen LogP contribution < -0.4 is 4.90 Å². The van der Waals surface area contributed by atoms with Crippen LogP contribution in [0.3, 0.4) is 0 Å². The van der Waals surface area contributed by atoms with E-state index in [1.165, 1.54) is 22.9 Å². The second kappa shape index (κ2) is 5.42. The van der Waals surface area contributed by atoms with E-state index < -0.39 is 0 Å². The molecule has 1 saturated heterocycles. The third-order valence-electron chi connectivity index (χ3n) is 3.08. The van der Waals surface area contributed by atoms with Gasteiger partial charge in [0.15, 0.2) is 5.11 Å². The molecule has 2 rings (SSSR count). The molecule has 2 amide bonds. The number of hydrogen-bond acceptors (Lipinski definition) is 3. The number of nitrogens with zero attached hydrogens (tertiary/aromatic N) is 3. The molecule has 0 atom stereocenters. The highest BCUT2D eigenvalue weighted by Crippen LogP contribution is 2.21. The predicted octanol–water partition coefficient (Wildman–Crippen LogP) is 1.57. The van der Waals surface area contributed by atoms with Gasteiger partial charge in [-0.05, 0) is 24.4 Å². The van der Waals surface area contributed by atoms with Gasteiger partial charge in [0.2, 0.25) is 5.91 Å². The quantitative estimate of drug-likeness (QED) is 0.612. The SMILES string of the molecule is CC(=O)N(/C=C1/C(=O)N(C)C(=S)N1C)c1ccccc1. The van der Waals surface area contributed by atoms with Crippen LogP contribution >= 0.6 is 12.2 Å². The highest BCUT2D eigenvalue weighted by Gasteiger charge is 2.33. The van der Waals surface area contributed by atoms with Crippen LogP contribution in [0.1, 0.15) is 6.92 Å². The fourth-order valence-electron chi connectivity index (χ4n) is 1.93. The summed E-state index contributed by atoms with van der Waals surface area (Å²) in [6, 6.07) is 9.14. The molecular weight excluding hydrogens is 274 g/mol. The minimum atomic E-state index is -0.223. The Morgan fingerprint density at radius 3 is 2.25 bits per heavy atom. The van der Waals surface area contributed by atoms with E-state index in [9.17, 15) is 9.59 Å². The van der Waals surface area contributed by atoms with E-state index >= 15 is 0 Å². The summed E-state index contributed by atoms with van der Waals surface area (Å²) < 4.78 is 0. The molecule has 1 aromatic rings. The van der Waals surface area contributed by atoms with Crippen LogP contribution in [0.25, 0.3) is 0 Å². The average Bonchev–Trinajstić information content (AvgIpc) is 2.62. The van der Waals surface area contributed by atoms with Gasteiger partial charge in [0, 0.05) is 32.9 Å². The van der Waals surface area contributed by atoms with Gasteiger partial charge in [-0.25, -0.2) is 0 Å². The first-order valence-corrected chi connectivity index (χ1v) is 6.46. The molecule has 0 aromatic heterocycles. The Morgan fingerprint density at radius 1 is 1.20 bits per heavy atom. The number of anilines is 1. The second-order valence-electron chi connectivity index (χ2n) is 4.44. The van der Waals surface area contributed by atoms with Gasteiger partial charge in [-0.3, -0.25) is 19.4 Å². The predicted molar refractivity (Wildman–Crippen MR) is 80.8 cm³/mol. The van der Waals surface area contributed by atoms with E-state index in [1.807, 2.05) is 18.2 Å². The van der Waals surface area contributed by atoms with E-state index in [0.29, 0.717) is 16.5 Å². The molecule has 1 fully saturated rings. The Morgan fingerprint density at radius 2 is 1.80 bits per heavy atom. The van der Waals surface area contributed by atoms with E-state index in [2.05, 4.69) is 0 Å².